The van der Waals surface area contributed by atoms with Crippen molar-refractivity contribution in [1.82, 2.24) is 5.32 Å². The predicted octanol–water partition coefficient (Wildman–Crippen LogP) is 2.63. The van der Waals surface area contributed by atoms with Crippen molar-refractivity contribution in [3.8, 4) is 0 Å². The van der Waals surface area contributed by atoms with Crippen molar-refractivity contribution in [2.75, 3.05) is 6.54 Å². The van der Waals surface area contributed by atoms with Crippen LogP contribution >= 0.6 is 0 Å². The third-order valence-electron chi connectivity index (χ3n) is 3.02. The molecule has 0 aliphatic heterocycles. The highest BCUT2D eigenvalue weighted by molar-refractivity contribution is 5.80. The summed E-state index contributed by atoms with van der Waals surface area (Å²) >= 11 is 0. The summed E-state index contributed by atoms with van der Waals surface area (Å²) in [5.74, 6) is -0.799. The van der Waals surface area contributed by atoms with Crippen LogP contribution in [0, 0.1) is 5.41 Å². The van der Waals surface area contributed by atoms with E-state index in [2.05, 4.69) is 5.32 Å². The van der Waals surface area contributed by atoms with Crippen LogP contribution in [0.25, 0.3) is 11.0 Å². The molecule has 4 nitrogen and oxygen atoms in total. The Balaban J connectivity index is 2.01. The van der Waals surface area contributed by atoms with E-state index in [1.807, 2.05) is 24.3 Å². The largest absolute Gasteiger partial charge is 0.481 e. The van der Waals surface area contributed by atoms with Gasteiger partial charge in [0.15, 0.2) is 0 Å². The highest BCUT2D eigenvalue weighted by Gasteiger charge is 2.26. The van der Waals surface area contributed by atoms with Gasteiger partial charge in [0.05, 0.1) is 11.7 Å². The summed E-state index contributed by atoms with van der Waals surface area (Å²) in [5.41, 5.74) is 1.14. The van der Waals surface area contributed by atoms with Gasteiger partial charge in [0.1, 0.15) is 5.58 Å². The van der Waals surface area contributed by atoms with Gasteiger partial charge >= 0.3 is 5.97 Å². The van der Waals surface area contributed by atoms with Crippen molar-refractivity contribution in [2.45, 2.75) is 20.4 Å². The van der Waals surface area contributed by atoms with Crippen molar-refractivity contribution in [1.29, 1.82) is 0 Å². The second-order valence-electron chi connectivity index (χ2n) is 5.05. The highest BCUT2D eigenvalue weighted by Crippen LogP contribution is 2.21. The minimum absolute atomic E-state index is 0.418. The molecule has 1 heterocycles. The molecule has 0 saturated heterocycles. The fraction of sp³-hybridized carbons (Fsp3) is 0.357. The van der Waals surface area contributed by atoms with Crippen LogP contribution in [-0.4, -0.2) is 17.6 Å². The van der Waals surface area contributed by atoms with E-state index in [1.165, 1.54) is 0 Å². The van der Waals surface area contributed by atoms with Crippen molar-refractivity contribution in [3.63, 3.8) is 0 Å². The number of nitrogens with one attached hydrogen (secondary N) is 1. The molecule has 18 heavy (non-hydrogen) atoms. The van der Waals surface area contributed by atoms with E-state index < -0.39 is 11.4 Å². The molecular weight excluding hydrogens is 230 g/mol. The number of hydrogen-bond acceptors (Lipinski definition) is 3. The first-order valence-electron chi connectivity index (χ1n) is 5.90. The van der Waals surface area contributed by atoms with E-state index in [1.54, 1.807) is 20.1 Å². The molecule has 0 amide bonds. The first-order valence-corrected chi connectivity index (χ1v) is 5.90. The fourth-order valence-electron chi connectivity index (χ4n) is 1.75. The van der Waals surface area contributed by atoms with Crippen LogP contribution in [0.15, 0.2) is 34.9 Å². The Morgan fingerprint density at radius 2 is 2.11 bits per heavy atom. The van der Waals surface area contributed by atoms with E-state index >= 15 is 0 Å². The molecule has 2 rings (SSSR count). The zero-order valence-electron chi connectivity index (χ0n) is 10.6. The van der Waals surface area contributed by atoms with Crippen LogP contribution in [0.1, 0.15) is 19.4 Å². The molecule has 0 aliphatic carbocycles. The normalized spacial score (nSPS) is 11.9. The summed E-state index contributed by atoms with van der Waals surface area (Å²) in [6.07, 6.45) is 1.71. The van der Waals surface area contributed by atoms with Crippen LogP contribution in [0.3, 0.4) is 0 Å². The first-order chi connectivity index (χ1) is 8.50. The minimum atomic E-state index is -0.799. The number of carboxylic acid groups (broad SMARTS) is 1. The molecule has 0 spiro atoms. The Hall–Kier alpha value is -1.81. The van der Waals surface area contributed by atoms with Crippen LogP contribution in [0.5, 0.6) is 0 Å². The highest BCUT2D eigenvalue weighted by atomic mass is 16.4. The van der Waals surface area contributed by atoms with Gasteiger partial charge in [-0.2, -0.15) is 0 Å². The summed E-state index contributed by atoms with van der Waals surface area (Å²) in [4.78, 5) is 11.0. The van der Waals surface area contributed by atoms with E-state index in [9.17, 15) is 4.79 Å². The Bertz CT molecular complexity index is 557. The average Bonchev–Trinajstić information content (AvgIpc) is 2.72. The van der Waals surface area contributed by atoms with Gasteiger partial charge in [0.25, 0.3) is 0 Å². The molecule has 96 valence electrons. The van der Waals surface area contributed by atoms with Gasteiger partial charge in [-0.25, -0.2) is 0 Å². The van der Waals surface area contributed by atoms with Crippen molar-refractivity contribution >= 4 is 16.9 Å². The second kappa shape index (κ2) is 4.82. The lowest BCUT2D eigenvalue weighted by Gasteiger charge is -2.19. The van der Waals surface area contributed by atoms with E-state index in [0.29, 0.717) is 13.1 Å². The number of carboxylic acids is 1. The second-order valence-corrected chi connectivity index (χ2v) is 5.05. The lowest BCUT2D eigenvalue weighted by molar-refractivity contribution is -0.146. The topological polar surface area (TPSA) is 62.5 Å². The molecule has 4 heteroatoms. The maximum atomic E-state index is 11.0. The number of furan rings is 1. The summed E-state index contributed by atoms with van der Waals surface area (Å²) in [5, 5.41) is 13.2. The molecule has 2 aromatic rings. The zero-order valence-corrected chi connectivity index (χ0v) is 10.6. The molecule has 0 bridgehead atoms. The van der Waals surface area contributed by atoms with E-state index in [-0.39, 0.29) is 0 Å². The Morgan fingerprint density at radius 3 is 2.83 bits per heavy atom. The number of para-hydroxylation sites is 1. The molecule has 0 aliphatic rings. The molecule has 0 atom stereocenters. The summed E-state index contributed by atoms with van der Waals surface area (Å²) < 4.78 is 5.42. The van der Waals surface area contributed by atoms with Gasteiger partial charge < -0.3 is 14.8 Å². The number of rotatable bonds is 5. The molecular formula is C14H17NO3. The monoisotopic (exact) mass is 247 g/mol. The van der Waals surface area contributed by atoms with Gasteiger partial charge in [-0.1, -0.05) is 18.2 Å². The summed E-state index contributed by atoms with van der Waals surface area (Å²) in [6, 6.07) is 7.80. The van der Waals surface area contributed by atoms with Gasteiger partial charge in [0, 0.05) is 24.0 Å². The van der Waals surface area contributed by atoms with Gasteiger partial charge in [-0.3, -0.25) is 4.79 Å². The predicted molar refractivity (Wildman–Crippen MR) is 69.3 cm³/mol. The van der Waals surface area contributed by atoms with Crippen molar-refractivity contribution in [3.05, 3.63) is 36.1 Å². The smallest absolute Gasteiger partial charge is 0.310 e. The number of fused-ring (bicyclic) bond motifs is 1. The fourth-order valence-corrected chi connectivity index (χ4v) is 1.75. The Labute approximate surface area is 106 Å². The van der Waals surface area contributed by atoms with Gasteiger partial charge in [0.2, 0.25) is 0 Å². The van der Waals surface area contributed by atoms with E-state index in [0.717, 1.165) is 16.5 Å². The van der Waals surface area contributed by atoms with E-state index in [4.69, 9.17) is 9.52 Å². The number of hydrogen-bond donors (Lipinski definition) is 2. The van der Waals surface area contributed by atoms with Crippen LogP contribution < -0.4 is 5.32 Å². The SMILES string of the molecule is CC(C)(CNCc1coc2ccccc12)C(=O)O. The zero-order chi connectivity index (χ0) is 13.2. The Kier molecular flexibility index (Phi) is 3.39. The molecule has 1 aromatic heterocycles. The first kappa shape index (κ1) is 12.6. The van der Waals surface area contributed by atoms with Crippen LogP contribution in [-0.2, 0) is 11.3 Å². The molecule has 0 radical (unpaired) electrons. The van der Waals surface area contributed by atoms with Crippen LogP contribution in [0.2, 0.25) is 0 Å². The maximum Gasteiger partial charge on any atom is 0.310 e. The summed E-state index contributed by atoms with van der Waals surface area (Å²) in [7, 11) is 0. The average molecular weight is 247 g/mol. The van der Waals surface area contributed by atoms with Crippen molar-refractivity contribution < 1.29 is 14.3 Å². The van der Waals surface area contributed by atoms with Gasteiger partial charge in [-0.05, 0) is 19.9 Å². The standard InChI is InChI=1S/C14H17NO3/c1-14(2,13(16)17)9-15-7-10-8-18-12-6-4-3-5-11(10)12/h3-6,8,15H,7,9H2,1-2H3,(H,16,17). The number of aliphatic carboxylic acids is 1. The van der Waals surface area contributed by atoms with Crippen molar-refractivity contribution in [2.24, 2.45) is 5.41 Å². The summed E-state index contributed by atoms with van der Waals surface area (Å²) in [6.45, 7) is 4.43. The third kappa shape index (κ3) is 2.54. The Morgan fingerprint density at radius 1 is 1.39 bits per heavy atom. The minimum Gasteiger partial charge on any atom is -0.481 e. The lowest BCUT2D eigenvalue weighted by Crippen LogP contribution is -2.35. The molecule has 0 saturated carbocycles. The quantitative estimate of drug-likeness (QED) is 0.852. The molecule has 0 fully saturated rings. The molecule has 2 N–H and O–H groups in total. The third-order valence-corrected chi connectivity index (χ3v) is 3.02. The molecule has 0 unspecified atom stereocenters. The van der Waals surface area contributed by atoms with Crippen LogP contribution in [0.4, 0.5) is 0 Å². The maximum absolute atomic E-state index is 11.0. The lowest BCUT2D eigenvalue weighted by atomic mass is 9.94. The number of benzene rings is 1. The number of carbonyl (C=O) groups is 1. The molecule has 1 aromatic carbocycles. The van der Waals surface area contributed by atoms with Gasteiger partial charge in [-0.15, -0.1) is 0 Å².